The normalized spacial score (nSPS) is 12.0. The summed E-state index contributed by atoms with van der Waals surface area (Å²) in [5.41, 5.74) is 10.3. The van der Waals surface area contributed by atoms with Crippen LogP contribution >= 0.6 is 0 Å². The van der Waals surface area contributed by atoms with E-state index < -0.39 is 0 Å². The third-order valence-electron chi connectivity index (χ3n) is 10.1. The van der Waals surface area contributed by atoms with Gasteiger partial charge in [-0.1, -0.05) is 122 Å². The van der Waals surface area contributed by atoms with E-state index in [4.69, 9.17) is 10.1 Å². The van der Waals surface area contributed by atoms with Gasteiger partial charge in [0.05, 0.1) is 11.2 Å². The Labute approximate surface area is 316 Å². The summed E-state index contributed by atoms with van der Waals surface area (Å²) in [4.78, 5) is 4.90. The summed E-state index contributed by atoms with van der Waals surface area (Å²) >= 11 is 0. The van der Waals surface area contributed by atoms with Gasteiger partial charge in [-0.2, -0.15) is 17.2 Å². The van der Waals surface area contributed by atoms with Crippen molar-refractivity contribution in [1.29, 1.82) is 0 Å². The van der Waals surface area contributed by atoms with Gasteiger partial charge >= 0.3 is 21.1 Å². The second-order valence-corrected chi connectivity index (χ2v) is 14.2. The summed E-state index contributed by atoms with van der Waals surface area (Å²) < 4.78 is 6.59. The molecule has 252 valence electrons. The quantitative estimate of drug-likeness (QED) is 0.166. The van der Waals surface area contributed by atoms with Crippen molar-refractivity contribution in [3.05, 3.63) is 163 Å². The molecule has 0 unspecified atom stereocenters. The van der Waals surface area contributed by atoms with Crippen molar-refractivity contribution in [3.63, 3.8) is 0 Å². The van der Waals surface area contributed by atoms with Gasteiger partial charge in [0.25, 0.3) is 0 Å². The van der Waals surface area contributed by atoms with Gasteiger partial charge in [-0.05, 0) is 57.8 Å². The molecular formula is C46H33N5Pt. The Kier molecular flexibility index (Phi) is 7.53. The molecule has 0 saturated heterocycles. The molecule has 0 atom stereocenters. The van der Waals surface area contributed by atoms with Gasteiger partial charge in [-0.3, -0.25) is 4.68 Å². The van der Waals surface area contributed by atoms with Crippen LogP contribution in [-0.2, 0) is 26.5 Å². The molecule has 52 heavy (non-hydrogen) atoms. The van der Waals surface area contributed by atoms with Crippen LogP contribution in [0.25, 0.3) is 83.0 Å². The first-order valence-corrected chi connectivity index (χ1v) is 17.4. The molecule has 0 bridgehead atoms. The van der Waals surface area contributed by atoms with Crippen molar-refractivity contribution in [2.24, 2.45) is 0 Å². The first kappa shape index (κ1) is 32.2. The maximum absolute atomic E-state index is 5.12. The minimum atomic E-state index is -0.0113. The van der Waals surface area contributed by atoms with E-state index >= 15 is 0 Å². The molecule has 0 fully saturated rings. The topological polar surface area (TPSA) is 40.6 Å². The zero-order valence-electron chi connectivity index (χ0n) is 28.9. The summed E-state index contributed by atoms with van der Waals surface area (Å²) in [6, 6.07) is 56.8. The van der Waals surface area contributed by atoms with Crippen molar-refractivity contribution in [1.82, 2.24) is 23.9 Å². The van der Waals surface area contributed by atoms with Gasteiger partial charge in [0.15, 0.2) is 0 Å². The SMILES string of the molecule is CC(C)(C)c1ccnc(-n2c3[c-]c(-n4c5[c-]c(-n6nc7ccccc7c6-c6ccccc6)ccc5c5ccccc54)ccc3c3ccccc32)c1.[Pt+2]. The van der Waals surface area contributed by atoms with E-state index in [0.717, 1.165) is 77.6 Å². The zero-order chi connectivity index (χ0) is 34.3. The van der Waals surface area contributed by atoms with Gasteiger partial charge in [0, 0.05) is 28.2 Å². The van der Waals surface area contributed by atoms with E-state index in [0.29, 0.717) is 0 Å². The van der Waals surface area contributed by atoms with Crippen LogP contribution in [0.1, 0.15) is 26.3 Å². The molecule has 0 aliphatic carbocycles. The standard InChI is InChI=1S/C46H33N5.Pt/c1-46(2,3)31-25-26-47-44(27-31)50-41-20-12-9-16-35(41)37-23-21-32(28-43(37)50)49-40-19-11-8-15-34(40)36-24-22-33(29-42(36)49)51-45(30-13-5-4-6-14-30)38-17-7-10-18-39(38)48-51;/h4-27H,1-3H3;/q-2;+2. The maximum atomic E-state index is 5.12. The number of hydrogen-bond acceptors (Lipinski definition) is 2. The summed E-state index contributed by atoms with van der Waals surface area (Å²) in [5, 5.41) is 10.8. The summed E-state index contributed by atoms with van der Waals surface area (Å²) in [7, 11) is 0. The Morgan fingerprint density at radius 2 is 1.12 bits per heavy atom. The smallest absolute Gasteiger partial charge is 0.358 e. The molecule has 6 heteroatoms. The number of aromatic nitrogens is 5. The number of fused-ring (bicyclic) bond motifs is 7. The molecular weight excluding hydrogens is 818 g/mol. The summed E-state index contributed by atoms with van der Waals surface area (Å²) in [6.07, 6.45) is 1.92. The van der Waals surface area contributed by atoms with Crippen molar-refractivity contribution in [3.8, 4) is 28.5 Å². The Morgan fingerprint density at radius 3 is 1.83 bits per heavy atom. The van der Waals surface area contributed by atoms with Gasteiger partial charge < -0.3 is 9.13 Å². The number of pyridine rings is 1. The van der Waals surface area contributed by atoms with Crippen molar-refractivity contribution >= 4 is 54.5 Å². The number of nitrogens with zero attached hydrogens (tertiary/aromatic N) is 5. The largest absolute Gasteiger partial charge is 2.00 e. The fraction of sp³-hybridized carbons (Fsp3) is 0.0870. The van der Waals surface area contributed by atoms with Crippen LogP contribution in [0.5, 0.6) is 0 Å². The van der Waals surface area contributed by atoms with E-state index in [1.165, 1.54) is 10.9 Å². The number of hydrogen-bond donors (Lipinski definition) is 0. The molecule has 0 aliphatic rings. The van der Waals surface area contributed by atoms with Crippen LogP contribution in [-0.4, -0.2) is 23.9 Å². The molecule has 6 aromatic carbocycles. The van der Waals surface area contributed by atoms with Crippen molar-refractivity contribution in [2.75, 3.05) is 0 Å². The summed E-state index contributed by atoms with van der Waals surface area (Å²) in [5.74, 6) is 0.886. The number of para-hydroxylation sites is 2. The van der Waals surface area contributed by atoms with Crippen molar-refractivity contribution < 1.29 is 21.1 Å². The van der Waals surface area contributed by atoms with Gasteiger partial charge in [0.2, 0.25) is 0 Å². The minimum Gasteiger partial charge on any atom is -0.358 e. The molecule has 0 amide bonds. The fourth-order valence-corrected chi connectivity index (χ4v) is 7.59. The van der Waals surface area contributed by atoms with Gasteiger partial charge in [0.1, 0.15) is 5.82 Å². The molecule has 4 heterocycles. The average molecular weight is 851 g/mol. The van der Waals surface area contributed by atoms with Crippen LogP contribution in [0.2, 0.25) is 0 Å². The van der Waals surface area contributed by atoms with E-state index in [1.54, 1.807) is 0 Å². The zero-order valence-corrected chi connectivity index (χ0v) is 31.2. The molecule has 4 aromatic heterocycles. The number of rotatable bonds is 4. The second kappa shape index (κ2) is 12.2. The predicted octanol–water partition coefficient (Wildman–Crippen LogP) is 11.2. The minimum absolute atomic E-state index is 0. The second-order valence-electron chi connectivity index (χ2n) is 14.2. The van der Waals surface area contributed by atoms with E-state index in [9.17, 15) is 0 Å². The van der Waals surface area contributed by atoms with Crippen LogP contribution in [0, 0.1) is 12.1 Å². The molecule has 0 aliphatic heterocycles. The van der Waals surface area contributed by atoms with Crippen LogP contribution < -0.4 is 0 Å². The fourth-order valence-electron chi connectivity index (χ4n) is 7.59. The van der Waals surface area contributed by atoms with Gasteiger partial charge in [-0.15, -0.1) is 35.0 Å². The average Bonchev–Trinajstić information content (AvgIpc) is 3.82. The third-order valence-corrected chi connectivity index (χ3v) is 10.1. The van der Waals surface area contributed by atoms with Gasteiger partial charge in [-0.25, -0.2) is 4.98 Å². The molecule has 5 nitrogen and oxygen atoms in total. The Bertz CT molecular complexity index is 2960. The van der Waals surface area contributed by atoms with E-state index in [-0.39, 0.29) is 26.5 Å². The van der Waals surface area contributed by atoms with Crippen molar-refractivity contribution in [2.45, 2.75) is 26.2 Å². The van der Waals surface area contributed by atoms with E-state index in [1.807, 2.05) is 23.0 Å². The van der Waals surface area contributed by atoms with E-state index in [2.05, 4.69) is 169 Å². The Morgan fingerprint density at radius 1 is 0.538 bits per heavy atom. The first-order chi connectivity index (χ1) is 24.9. The molecule has 0 spiro atoms. The predicted molar refractivity (Wildman–Crippen MR) is 209 cm³/mol. The van der Waals surface area contributed by atoms with Crippen LogP contribution in [0.15, 0.2) is 146 Å². The monoisotopic (exact) mass is 850 g/mol. The first-order valence-electron chi connectivity index (χ1n) is 17.4. The third kappa shape index (κ3) is 4.95. The maximum Gasteiger partial charge on any atom is 2.00 e. The molecule has 10 rings (SSSR count). The van der Waals surface area contributed by atoms with Crippen LogP contribution in [0.4, 0.5) is 0 Å². The molecule has 0 N–H and O–H groups in total. The number of benzene rings is 6. The molecule has 10 aromatic rings. The molecule has 0 saturated carbocycles. The molecule has 0 radical (unpaired) electrons. The summed E-state index contributed by atoms with van der Waals surface area (Å²) in [6.45, 7) is 6.72. The Balaban J connectivity index is 0.00000360. The Hall–Kier alpha value is -5.77. The van der Waals surface area contributed by atoms with Crippen LogP contribution in [0.3, 0.4) is 0 Å².